The molecule has 0 aliphatic carbocycles. The van der Waals surface area contributed by atoms with E-state index in [1.807, 2.05) is 0 Å². The summed E-state index contributed by atoms with van der Waals surface area (Å²) in [6, 6.07) is 0. The highest BCUT2D eigenvalue weighted by atomic mass is 19.4. The normalized spacial score (nSPS) is 10.6. The molecule has 7 heteroatoms. The second kappa shape index (κ2) is 3.24. The summed E-state index contributed by atoms with van der Waals surface area (Å²) in [7, 11) is 0. The van der Waals surface area contributed by atoms with Crippen molar-refractivity contribution in [2.24, 2.45) is 5.73 Å². The Labute approximate surface area is 64.8 Å². The molecule has 1 amide bonds. The van der Waals surface area contributed by atoms with Gasteiger partial charge in [0, 0.05) is 0 Å². The Morgan fingerprint density at radius 2 is 1.75 bits per heavy atom. The van der Waals surface area contributed by atoms with Gasteiger partial charge in [0.15, 0.2) is 5.76 Å². The van der Waals surface area contributed by atoms with Crippen LogP contribution in [0.4, 0.5) is 13.2 Å². The zero-order valence-corrected chi connectivity index (χ0v) is 5.64. The van der Waals surface area contributed by atoms with Crippen molar-refractivity contribution >= 4 is 11.9 Å². The molecule has 0 saturated heterocycles. The van der Waals surface area contributed by atoms with E-state index >= 15 is 0 Å². The topological polar surface area (TPSA) is 69.4 Å². The van der Waals surface area contributed by atoms with Crippen molar-refractivity contribution in [3.8, 4) is 0 Å². The third kappa shape index (κ3) is 3.04. The summed E-state index contributed by atoms with van der Waals surface area (Å²) in [6.45, 7) is 2.69. The molecule has 4 nitrogen and oxygen atoms in total. The minimum atomic E-state index is -5.15. The summed E-state index contributed by atoms with van der Waals surface area (Å²) in [6.07, 6.45) is -5.15. The third-order valence-corrected chi connectivity index (χ3v) is 0.722. The van der Waals surface area contributed by atoms with Gasteiger partial charge >= 0.3 is 12.1 Å². The van der Waals surface area contributed by atoms with Crippen molar-refractivity contribution in [2.45, 2.75) is 6.18 Å². The molecule has 0 aromatic rings. The van der Waals surface area contributed by atoms with Crippen molar-refractivity contribution in [2.75, 3.05) is 0 Å². The predicted molar refractivity (Wildman–Crippen MR) is 30.5 cm³/mol. The number of nitrogens with two attached hydrogens (primary N) is 1. The number of hydrogen-bond acceptors (Lipinski definition) is 3. The van der Waals surface area contributed by atoms with Gasteiger partial charge in [0.25, 0.3) is 5.91 Å². The fourth-order valence-corrected chi connectivity index (χ4v) is 0.220. The van der Waals surface area contributed by atoms with Gasteiger partial charge in [0.2, 0.25) is 0 Å². The number of esters is 1. The number of carbonyl (C=O) groups is 2. The first-order valence-electron chi connectivity index (χ1n) is 2.53. The van der Waals surface area contributed by atoms with E-state index in [-0.39, 0.29) is 0 Å². The average Bonchev–Trinajstić information content (AvgIpc) is 1.85. The van der Waals surface area contributed by atoms with Crippen molar-refractivity contribution in [3.05, 3.63) is 12.3 Å². The van der Waals surface area contributed by atoms with Gasteiger partial charge in [-0.05, 0) is 0 Å². The Bertz CT molecular complexity index is 233. The highest BCUT2D eigenvalue weighted by Gasteiger charge is 2.41. The Kier molecular flexibility index (Phi) is 2.83. The number of primary amides is 1. The molecular weight excluding hydrogens is 179 g/mol. The lowest BCUT2D eigenvalue weighted by Crippen LogP contribution is -2.28. The summed E-state index contributed by atoms with van der Waals surface area (Å²) in [5.74, 6) is -4.89. The van der Waals surface area contributed by atoms with Crippen LogP contribution in [-0.4, -0.2) is 18.1 Å². The molecule has 0 spiro atoms. The zero-order chi connectivity index (χ0) is 9.94. The minimum absolute atomic E-state index is 1.04. The van der Waals surface area contributed by atoms with Gasteiger partial charge in [0.1, 0.15) is 0 Å². The van der Waals surface area contributed by atoms with Gasteiger partial charge in [-0.25, -0.2) is 4.79 Å². The van der Waals surface area contributed by atoms with Gasteiger partial charge in [-0.15, -0.1) is 0 Å². The first-order valence-corrected chi connectivity index (χ1v) is 2.53. The molecule has 0 bridgehead atoms. The molecule has 0 heterocycles. The Balaban J connectivity index is 4.21. The maximum absolute atomic E-state index is 11.4. The van der Waals surface area contributed by atoms with E-state index in [0.717, 1.165) is 0 Å². The lowest BCUT2D eigenvalue weighted by Gasteiger charge is -2.05. The maximum Gasteiger partial charge on any atom is 0.491 e. The molecule has 0 radical (unpaired) electrons. The largest absolute Gasteiger partial charge is 0.491 e. The van der Waals surface area contributed by atoms with Gasteiger partial charge in [-0.3, -0.25) is 4.79 Å². The fraction of sp³-hybridized carbons (Fsp3) is 0.200. The highest BCUT2D eigenvalue weighted by molar-refractivity contribution is 5.92. The van der Waals surface area contributed by atoms with Crippen LogP contribution in [-0.2, 0) is 14.3 Å². The molecule has 0 aliphatic heterocycles. The molecule has 0 rings (SSSR count). The predicted octanol–water partition coefficient (Wildman–Crippen LogP) is 0.0909. The summed E-state index contributed by atoms with van der Waals surface area (Å²) in [5, 5.41) is 0. The molecule has 12 heavy (non-hydrogen) atoms. The number of ether oxygens (including phenoxy) is 1. The van der Waals surface area contributed by atoms with E-state index in [2.05, 4.69) is 17.0 Å². The van der Waals surface area contributed by atoms with Crippen LogP contribution in [0, 0.1) is 0 Å². The summed E-state index contributed by atoms with van der Waals surface area (Å²) in [4.78, 5) is 20.0. The molecule has 0 aromatic heterocycles. The molecule has 68 valence electrons. The van der Waals surface area contributed by atoms with E-state index < -0.39 is 23.8 Å². The van der Waals surface area contributed by atoms with Crippen LogP contribution >= 0.6 is 0 Å². The van der Waals surface area contributed by atoms with E-state index in [4.69, 9.17) is 0 Å². The molecule has 0 aromatic carbocycles. The molecule has 0 fully saturated rings. The highest BCUT2D eigenvalue weighted by Crippen LogP contribution is 2.17. The minimum Gasteiger partial charge on any atom is -0.415 e. The Morgan fingerprint density at radius 1 is 1.33 bits per heavy atom. The lowest BCUT2D eigenvalue weighted by molar-refractivity contribution is -0.195. The van der Waals surface area contributed by atoms with Crippen molar-refractivity contribution in [3.63, 3.8) is 0 Å². The van der Waals surface area contributed by atoms with Crippen LogP contribution in [0.1, 0.15) is 0 Å². The maximum atomic E-state index is 11.4. The number of amides is 1. The van der Waals surface area contributed by atoms with E-state index in [9.17, 15) is 22.8 Å². The average molecular weight is 183 g/mol. The van der Waals surface area contributed by atoms with Crippen LogP contribution in [0.25, 0.3) is 0 Å². The fourth-order valence-electron chi connectivity index (χ4n) is 0.220. The quantitative estimate of drug-likeness (QED) is 0.374. The van der Waals surface area contributed by atoms with Gasteiger partial charge < -0.3 is 10.5 Å². The van der Waals surface area contributed by atoms with Crippen LogP contribution in [0.3, 0.4) is 0 Å². The molecule has 2 N–H and O–H groups in total. The lowest BCUT2D eigenvalue weighted by atomic mass is 10.5. The second-order valence-corrected chi connectivity index (χ2v) is 1.67. The summed E-state index contributed by atoms with van der Waals surface area (Å²) >= 11 is 0. The summed E-state index contributed by atoms with van der Waals surface area (Å²) in [5.41, 5.74) is 4.44. The van der Waals surface area contributed by atoms with Gasteiger partial charge in [0.05, 0.1) is 0 Å². The molecular formula is C5H4F3NO3. The molecule has 0 aliphatic rings. The first-order chi connectivity index (χ1) is 5.25. The number of carbonyl (C=O) groups excluding carboxylic acids is 2. The van der Waals surface area contributed by atoms with Gasteiger partial charge in [-0.2, -0.15) is 13.2 Å². The monoisotopic (exact) mass is 183 g/mol. The van der Waals surface area contributed by atoms with Crippen molar-refractivity contribution < 1.29 is 27.5 Å². The number of hydrogen-bond donors (Lipinski definition) is 1. The second-order valence-electron chi connectivity index (χ2n) is 1.67. The van der Waals surface area contributed by atoms with Crippen LogP contribution in [0.15, 0.2) is 12.3 Å². The zero-order valence-electron chi connectivity index (χ0n) is 5.64. The summed E-state index contributed by atoms with van der Waals surface area (Å²) < 4.78 is 37.7. The molecule has 0 saturated carbocycles. The Morgan fingerprint density at radius 3 is 2.00 bits per heavy atom. The Hall–Kier alpha value is -1.53. The SMILES string of the molecule is C=C(OC(=O)C(F)(F)F)C(N)=O. The van der Waals surface area contributed by atoms with Crippen LogP contribution < -0.4 is 5.73 Å². The van der Waals surface area contributed by atoms with E-state index in [0.29, 0.717) is 0 Å². The molecule has 0 atom stereocenters. The smallest absolute Gasteiger partial charge is 0.415 e. The standard InChI is InChI=1S/C5H4F3NO3/c1-2(3(9)10)12-4(11)5(6,7)8/h1H2,(H2,9,10). The number of rotatable bonds is 2. The number of alkyl halides is 3. The van der Waals surface area contributed by atoms with Crippen LogP contribution in [0.2, 0.25) is 0 Å². The van der Waals surface area contributed by atoms with Gasteiger partial charge in [-0.1, -0.05) is 6.58 Å². The first kappa shape index (κ1) is 10.5. The molecule has 0 unspecified atom stereocenters. The van der Waals surface area contributed by atoms with E-state index in [1.165, 1.54) is 0 Å². The van der Waals surface area contributed by atoms with E-state index in [1.54, 1.807) is 0 Å². The third-order valence-electron chi connectivity index (χ3n) is 0.722. The van der Waals surface area contributed by atoms with Crippen LogP contribution in [0.5, 0.6) is 0 Å². The van der Waals surface area contributed by atoms with Crippen molar-refractivity contribution in [1.82, 2.24) is 0 Å². The van der Waals surface area contributed by atoms with Crippen molar-refractivity contribution in [1.29, 1.82) is 0 Å². The number of halogens is 3.